The van der Waals surface area contributed by atoms with Gasteiger partial charge in [0, 0.05) is 17.5 Å². The molecule has 1 aliphatic rings. The third-order valence-electron chi connectivity index (χ3n) is 2.74. The molecule has 0 radical (unpaired) electrons. The number of amides is 1. The monoisotopic (exact) mass is 326 g/mol. The summed E-state index contributed by atoms with van der Waals surface area (Å²) in [5, 5.41) is 5.96. The van der Waals surface area contributed by atoms with E-state index in [4.69, 9.17) is 0 Å². The minimum Gasteiger partial charge on any atom is -0.361 e. The van der Waals surface area contributed by atoms with Crippen LogP contribution in [0.15, 0.2) is 10.7 Å². The standard InChI is InChI=1S/C13H19BrN4O/c1-13(2,3)12-17-9(14)6-10(18-12)15-7-11(19)16-8-4-5-8/h6,8H,4-5,7H2,1-3H3,(H,16,19)(H,15,17,18). The van der Waals surface area contributed by atoms with Crippen LogP contribution in [-0.4, -0.2) is 28.5 Å². The van der Waals surface area contributed by atoms with Gasteiger partial charge >= 0.3 is 0 Å². The van der Waals surface area contributed by atoms with Gasteiger partial charge in [0.25, 0.3) is 0 Å². The fraction of sp³-hybridized carbons (Fsp3) is 0.615. The lowest BCUT2D eigenvalue weighted by molar-refractivity contribution is -0.119. The van der Waals surface area contributed by atoms with Gasteiger partial charge in [-0.3, -0.25) is 4.79 Å². The molecule has 1 aromatic rings. The van der Waals surface area contributed by atoms with Crippen molar-refractivity contribution in [1.29, 1.82) is 0 Å². The Morgan fingerprint density at radius 3 is 2.68 bits per heavy atom. The number of nitrogens with zero attached hydrogens (tertiary/aromatic N) is 2. The first-order chi connectivity index (χ1) is 8.84. The van der Waals surface area contributed by atoms with Gasteiger partial charge in [0.15, 0.2) is 0 Å². The minimum atomic E-state index is -0.128. The van der Waals surface area contributed by atoms with E-state index in [0.717, 1.165) is 23.3 Å². The molecule has 0 aromatic carbocycles. The fourth-order valence-corrected chi connectivity index (χ4v) is 1.91. The quantitative estimate of drug-likeness (QED) is 0.832. The highest BCUT2D eigenvalue weighted by atomic mass is 79.9. The number of halogens is 1. The van der Waals surface area contributed by atoms with Gasteiger partial charge in [-0.15, -0.1) is 0 Å². The summed E-state index contributed by atoms with van der Waals surface area (Å²) >= 11 is 3.37. The number of nitrogens with one attached hydrogen (secondary N) is 2. The maximum atomic E-state index is 11.6. The van der Waals surface area contributed by atoms with E-state index in [1.54, 1.807) is 6.07 Å². The van der Waals surface area contributed by atoms with Crippen molar-refractivity contribution in [2.45, 2.75) is 45.1 Å². The van der Waals surface area contributed by atoms with Gasteiger partial charge in [-0.05, 0) is 28.8 Å². The van der Waals surface area contributed by atoms with Crippen LogP contribution in [0.3, 0.4) is 0 Å². The zero-order valence-corrected chi connectivity index (χ0v) is 13.0. The summed E-state index contributed by atoms with van der Waals surface area (Å²) in [6.45, 7) is 6.40. The van der Waals surface area contributed by atoms with Gasteiger partial charge in [0.2, 0.25) is 5.91 Å². The van der Waals surface area contributed by atoms with E-state index >= 15 is 0 Å². The molecule has 1 fully saturated rings. The van der Waals surface area contributed by atoms with Crippen LogP contribution in [0.5, 0.6) is 0 Å². The Labute approximate surface area is 121 Å². The molecule has 19 heavy (non-hydrogen) atoms. The zero-order valence-electron chi connectivity index (χ0n) is 11.5. The van der Waals surface area contributed by atoms with Gasteiger partial charge in [-0.25, -0.2) is 9.97 Å². The number of rotatable bonds is 4. The molecular weight excluding hydrogens is 308 g/mol. The molecule has 6 heteroatoms. The molecule has 1 saturated carbocycles. The largest absolute Gasteiger partial charge is 0.361 e. The van der Waals surface area contributed by atoms with Crippen molar-refractivity contribution in [2.24, 2.45) is 0 Å². The summed E-state index contributed by atoms with van der Waals surface area (Å²) in [4.78, 5) is 20.4. The fourth-order valence-electron chi connectivity index (χ4n) is 1.52. The number of carbonyl (C=O) groups excluding carboxylic acids is 1. The Hall–Kier alpha value is -1.17. The van der Waals surface area contributed by atoms with Crippen molar-refractivity contribution < 1.29 is 4.79 Å². The van der Waals surface area contributed by atoms with Crippen molar-refractivity contribution in [2.75, 3.05) is 11.9 Å². The first-order valence-corrected chi connectivity index (χ1v) is 7.22. The first-order valence-electron chi connectivity index (χ1n) is 6.43. The van der Waals surface area contributed by atoms with E-state index in [0.29, 0.717) is 11.9 Å². The molecule has 1 aliphatic carbocycles. The van der Waals surface area contributed by atoms with Gasteiger partial charge in [-0.1, -0.05) is 20.8 Å². The lowest BCUT2D eigenvalue weighted by atomic mass is 9.96. The number of carbonyl (C=O) groups is 1. The summed E-state index contributed by atoms with van der Waals surface area (Å²) in [7, 11) is 0. The van der Waals surface area contributed by atoms with Crippen LogP contribution in [0.1, 0.15) is 39.4 Å². The molecule has 0 unspecified atom stereocenters. The third-order valence-corrected chi connectivity index (χ3v) is 3.14. The molecule has 0 bridgehead atoms. The summed E-state index contributed by atoms with van der Waals surface area (Å²) in [5.41, 5.74) is -0.128. The van der Waals surface area contributed by atoms with Gasteiger partial charge in [0.05, 0.1) is 6.54 Å². The number of aromatic nitrogens is 2. The highest BCUT2D eigenvalue weighted by Gasteiger charge is 2.23. The SMILES string of the molecule is CC(C)(C)c1nc(Br)cc(NCC(=O)NC2CC2)n1. The minimum absolute atomic E-state index is 0.00884. The Morgan fingerprint density at radius 2 is 2.11 bits per heavy atom. The van der Waals surface area contributed by atoms with Crippen molar-refractivity contribution >= 4 is 27.7 Å². The zero-order chi connectivity index (χ0) is 14.0. The highest BCUT2D eigenvalue weighted by Crippen LogP contribution is 2.22. The molecule has 1 heterocycles. The van der Waals surface area contributed by atoms with E-state index in [1.807, 2.05) is 0 Å². The van der Waals surface area contributed by atoms with Crippen molar-refractivity contribution in [3.05, 3.63) is 16.5 Å². The second-order valence-corrected chi connectivity index (χ2v) is 6.66. The topological polar surface area (TPSA) is 66.9 Å². The van der Waals surface area contributed by atoms with Gasteiger partial charge in [-0.2, -0.15) is 0 Å². The second kappa shape index (κ2) is 5.45. The summed E-state index contributed by atoms with van der Waals surface area (Å²) in [5.74, 6) is 1.42. The molecule has 0 spiro atoms. The van der Waals surface area contributed by atoms with E-state index < -0.39 is 0 Å². The second-order valence-electron chi connectivity index (χ2n) is 5.84. The van der Waals surface area contributed by atoms with E-state index in [2.05, 4.69) is 57.3 Å². The molecule has 0 saturated heterocycles. The van der Waals surface area contributed by atoms with Crippen molar-refractivity contribution in [3.63, 3.8) is 0 Å². The van der Waals surface area contributed by atoms with Gasteiger partial charge < -0.3 is 10.6 Å². The molecular formula is C13H19BrN4O. The molecule has 1 amide bonds. The lowest BCUT2D eigenvalue weighted by Crippen LogP contribution is -2.31. The maximum absolute atomic E-state index is 11.6. The van der Waals surface area contributed by atoms with Crippen molar-refractivity contribution in [1.82, 2.24) is 15.3 Å². The first kappa shape index (κ1) is 14.2. The predicted molar refractivity (Wildman–Crippen MR) is 78.1 cm³/mol. The number of hydrogen-bond donors (Lipinski definition) is 2. The molecule has 104 valence electrons. The normalized spacial score (nSPS) is 15.2. The van der Waals surface area contributed by atoms with Crippen LogP contribution in [0.25, 0.3) is 0 Å². The highest BCUT2D eigenvalue weighted by molar-refractivity contribution is 9.10. The number of anilines is 1. The Morgan fingerprint density at radius 1 is 1.42 bits per heavy atom. The van der Waals surface area contributed by atoms with Crippen LogP contribution < -0.4 is 10.6 Å². The molecule has 2 N–H and O–H groups in total. The third kappa shape index (κ3) is 4.45. The molecule has 0 aliphatic heterocycles. The Balaban J connectivity index is 1.99. The Kier molecular flexibility index (Phi) is 4.08. The van der Waals surface area contributed by atoms with E-state index in [9.17, 15) is 4.79 Å². The number of hydrogen-bond acceptors (Lipinski definition) is 4. The van der Waals surface area contributed by atoms with Crippen molar-refractivity contribution in [3.8, 4) is 0 Å². The van der Waals surface area contributed by atoms with Crippen LogP contribution in [0, 0.1) is 0 Å². The van der Waals surface area contributed by atoms with Crippen LogP contribution in [0.2, 0.25) is 0 Å². The molecule has 2 rings (SSSR count). The van der Waals surface area contributed by atoms with Crippen LogP contribution >= 0.6 is 15.9 Å². The van der Waals surface area contributed by atoms with E-state index in [1.165, 1.54) is 0 Å². The summed E-state index contributed by atoms with van der Waals surface area (Å²) < 4.78 is 0.720. The van der Waals surface area contributed by atoms with Crippen LogP contribution in [-0.2, 0) is 10.2 Å². The lowest BCUT2D eigenvalue weighted by Gasteiger charge is -2.17. The molecule has 0 atom stereocenters. The average molecular weight is 327 g/mol. The summed E-state index contributed by atoms with van der Waals surface area (Å²) in [6.07, 6.45) is 2.19. The van der Waals surface area contributed by atoms with Crippen LogP contribution in [0.4, 0.5) is 5.82 Å². The van der Waals surface area contributed by atoms with Gasteiger partial charge in [0.1, 0.15) is 16.2 Å². The average Bonchev–Trinajstić information content (AvgIpc) is 3.08. The Bertz CT molecular complexity index is 480. The maximum Gasteiger partial charge on any atom is 0.239 e. The summed E-state index contributed by atoms with van der Waals surface area (Å²) in [6, 6.07) is 2.16. The smallest absolute Gasteiger partial charge is 0.239 e. The van der Waals surface area contributed by atoms with E-state index in [-0.39, 0.29) is 17.9 Å². The molecule has 5 nitrogen and oxygen atoms in total. The predicted octanol–water partition coefficient (Wildman–Crippen LogP) is 2.23. The molecule has 1 aromatic heterocycles.